The fraction of sp³-hybridized carbons (Fsp3) is 0.235. The van der Waals surface area contributed by atoms with Crippen LogP contribution in [0.15, 0.2) is 60.7 Å². The number of rotatable bonds is 5. The molecule has 1 aromatic rings. The summed E-state index contributed by atoms with van der Waals surface area (Å²) in [5.74, 6) is 0.971. The molecule has 1 unspecified atom stereocenters. The SMILES string of the molecule is COc1ccccc1CC1(C=CC(=N)N)C=CC=CC1. The number of benzene rings is 1. The van der Waals surface area contributed by atoms with Crippen molar-refractivity contribution in [3.05, 3.63) is 66.3 Å². The second kappa shape index (κ2) is 6.24. The van der Waals surface area contributed by atoms with Crippen LogP contribution < -0.4 is 10.5 Å². The average molecular weight is 268 g/mol. The normalized spacial score (nSPS) is 21.2. The summed E-state index contributed by atoms with van der Waals surface area (Å²) in [5, 5.41) is 7.38. The van der Waals surface area contributed by atoms with Gasteiger partial charge in [-0.15, -0.1) is 0 Å². The van der Waals surface area contributed by atoms with Crippen LogP contribution in [0.2, 0.25) is 0 Å². The molecule has 0 aromatic heterocycles. The lowest BCUT2D eigenvalue weighted by Crippen LogP contribution is -2.20. The molecule has 0 aliphatic heterocycles. The molecule has 0 amide bonds. The lowest BCUT2D eigenvalue weighted by Gasteiger charge is -2.28. The van der Waals surface area contributed by atoms with Crippen molar-refractivity contribution in [1.29, 1.82) is 5.41 Å². The molecule has 2 rings (SSSR count). The first-order valence-electron chi connectivity index (χ1n) is 6.65. The van der Waals surface area contributed by atoms with Crippen LogP contribution in [0.3, 0.4) is 0 Å². The van der Waals surface area contributed by atoms with Gasteiger partial charge in [-0.25, -0.2) is 0 Å². The van der Waals surface area contributed by atoms with E-state index in [1.54, 1.807) is 13.2 Å². The molecule has 0 radical (unpaired) electrons. The van der Waals surface area contributed by atoms with Gasteiger partial charge in [-0.2, -0.15) is 0 Å². The number of nitrogens with two attached hydrogens (primary N) is 1. The highest BCUT2D eigenvalue weighted by atomic mass is 16.5. The van der Waals surface area contributed by atoms with Gasteiger partial charge in [0.25, 0.3) is 0 Å². The number of para-hydroxylation sites is 1. The van der Waals surface area contributed by atoms with Crippen LogP contribution in [0.4, 0.5) is 0 Å². The van der Waals surface area contributed by atoms with Gasteiger partial charge in [-0.05, 0) is 30.5 Å². The summed E-state index contributed by atoms with van der Waals surface area (Å²) in [7, 11) is 1.69. The maximum absolute atomic E-state index is 7.38. The molecule has 0 saturated heterocycles. The third-order valence-corrected chi connectivity index (χ3v) is 3.48. The summed E-state index contributed by atoms with van der Waals surface area (Å²) in [6.07, 6.45) is 13.8. The van der Waals surface area contributed by atoms with Gasteiger partial charge in [0.15, 0.2) is 0 Å². The Morgan fingerprint density at radius 2 is 2.20 bits per heavy atom. The van der Waals surface area contributed by atoms with Crippen molar-refractivity contribution in [3.8, 4) is 5.75 Å². The molecule has 0 heterocycles. The Labute approximate surface area is 120 Å². The molecule has 20 heavy (non-hydrogen) atoms. The van der Waals surface area contributed by atoms with Crippen LogP contribution in [0.5, 0.6) is 5.75 Å². The van der Waals surface area contributed by atoms with Crippen LogP contribution in [-0.2, 0) is 6.42 Å². The predicted octanol–water partition coefficient (Wildman–Crippen LogP) is 3.23. The first-order valence-corrected chi connectivity index (χ1v) is 6.65. The molecule has 1 aliphatic carbocycles. The largest absolute Gasteiger partial charge is 0.496 e. The molecule has 104 valence electrons. The molecule has 0 bridgehead atoms. The van der Waals surface area contributed by atoms with Crippen molar-refractivity contribution in [3.63, 3.8) is 0 Å². The lowest BCUT2D eigenvalue weighted by atomic mass is 9.76. The quantitative estimate of drug-likeness (QED) is 0.636. The molecule has 3 heteroatoms. The Hall–Kier alpha value is -2.29. The van der Waals surface area contributed by atoms with E-state index in [0.717, 1.165) is 24.2 Å². The zero-order valence-corrected chi connectivity index (χ0v) is 11.7. The molecule has 1 atom stereocenters. The molecule has 0 saturated carbocycles. The van der Waals surface area contributed by atoms with Gasteiger partial charge in [0.05, 0.1) is 7.11 Å². The van der Waals surface area contributed by atoms with E-state index >= 15 is 0 Å². The van der Waals surface area contributed by atoms with E-state index < -0.39 is 0 Å². The number of nitrogens with one attached hydrogen (secondary N) is 1. The smallest absolute Gasteiger partial charge is 0.122 e. The number of allylic oxidation sites excluding steroid dienone is 5. The minimum atomic E-state index is -0.144. The van der Waals surface area contributed by atoms with Crippen molar-refractivity contribution < 1.29 is 4.74 Å². The van der Waals surface area contributed by atoms with E-state index in [1.807, 2.05) is 36.4 Å². The standard InChI is InChI=1S/C17H20N2O/c1-20-15-8-4-3-7-14(15)13-17(12-9-16(18)19)10-5-2-6-11-17/h2-10,12H,11,13H2,1H3,(H3,18,19). The van der Waals surface area contributed by atoms with Crippen molar-refractivity contribution >= 4 is 5.84 Å². The molecule has 3 nitrogen and oxygen atoms in total. The van der Waals surface area contributed by atoms with Gasteiger partial charge in [-0.1, -0.05) is 48.6 Å². The summed E-state index contributed by atoms with van der Waals surface area (Å²) in [5.41, 5.74) is 6.46. The van der Waals surface area contributed by atoms with Gasteiger partial charge in [0.2, 0.25) is 0 Å². The molecule has 3 N–H and O–H groups in total. The molecular weight excluding hydrogens is 248 g/mol. The topological polar surface area (TPSA) is 59.1 Å². The number of ether oxygens (including phenoxy) is 1. The van der Waals surface area contributed by atoms with E-state index in [9.17, 15) is 0 Å². The fourth-order valence-electron chi connectivity index (χ4n) is 2.45. The summed E-state index contributed by atoms with van der Waals surface area (Å²) >= 11 is 0. The number of amidine groups is 1. The number of hydrogen-bond acceptors (Lipinski definition) is 2. The Morgan fingerprint density at radius 3 is 2.85 bits per heavy atom. The third-order valence-electron chi connectivity index (χ3n) is 3.48. The van der Waals surface area contributed by atoms with Crippen molar-refractivity contribution in [2.24, 2.45) is 11.1 Å². The molecule has 0 spiro atoms. The maximum atomic E-state index is 7.38. The van der Waals surface area contributed by atoms with E-state index in [1.165, 1.54) is 0 Å². The van der Waals surface area contributed by atoms with E-state index in [4.69, 9.17) is 15.9 Å². The highest BCUT2D eigenvalue weighted by Crippen LogP contribution is 2.36. The van der Waals surface area contributed by atoms with E-state index in [2.05, 4.69) is 18.2 Å². The Bertz CT molecular complexity index is 572. The highest BCUT2D eigenvalue weighted by molar-refractivity contribution is 5.88. The predicted molar refractivity (Wildman–Crippen MR) is 83.1 cm³/mol. The molecule has 0 fully saturated rings. The second-order valence-corrected chi connectivity index (χ2v) is 5.00. The van der Waals surface area contributed by atoms with Gasteiger partial charge < -0.3 is 10.5 Å². The first kappa shape index (κ1) is 14.1. The number of methoxy groups -OCH3 is 1. The van der Waals surface area contributed by atoms with Crippen LogP contribution in [0, 0.1) is 10.8 Å². The van der Waals surface area contributed by atoms with Crippen LogP contribution in [0.1, 0.15) is 12.0 Å². The lowest BCUT2D eigenvalue weighted by molar-refractivity contribution is 0.399. The van der Waals surface area contributed by atoms with Crippen molar-refractivity contribution in [2.45, 2.75) is 12.8 Å². The minimum absolute atomic E-state index is 0.0763. The van der Waals surface area contributed by atoms with Gasteiger partial charge in [-0.3, -0.25) is 5.41 Å². The monoisotopic (exact) mass is 268 g/mol. The van der Waals surface area contributed by atoms with Crippen molar-refractivity contribution in [1.82, 2.24) is 0 Å². The Kier molecular flexibility index (Phi) is 4.41. The summed E-state index contributed by atoms with van der Waals surface area (Å²) in [6.45, 7) is 0. The Balaban J connectivity index is 2.31. The fourth-order valence-corrected chi connectivity index (χ4v) is 2.45. The zero-order valence-electron chi connectivity index (χ0n) is 11.7. The zero-order chi connectivity index (χ0) is 14.4. The summed E-state index contributed by atoms with van der Waals surface area (Å²) in [4.78, 5) is 0. The van der Waals surface area contributed by atoms with Crippen LogP contribution in [0.25, 0.3) is 0 Å². The minimum Gasteiger partial charge on any atom is -0.496 e. The average Bonchev–Trinajstić information content (AvgIpc) is 2.47. The Morgan fingerprint density at radius 1 is 1.40 bits per heavy atom. The van der Waals surface area contributed by atoms with E-state index in [0.29, 0.717) is 0 Å². The molecule has 1 aliphatic rings. The summed E-state index contributed by atoms with van der Waals surface area (Å²) < 4.78 is 5.42. The van der Waals surface area contributed by atoms with Crippen LogP contribution >= 0.6 is 0 Å². The van der Waals surface area contributed by atoms with Crippen LogP contribution in [-0.4, -0.2) is 12.9 Å². The second-order valence-electron chi connectivity index (χ2n) is 5.00. The van der Waals surface area contributed by atoms with Crippen molar-refractivity contribution in [2.75, 3.05) is 7.11 Å². The molecule has 1 aromatic carbocycles. The van der Waals surface area contributed by atoms with Gasteiger partial charge in [0, 0.05) is 5.41 Å². The van der Waals surface area contributed by atoms with Gasteiger partial charge in [0.1, 0.15) is 11.6 Å². The number of hydrogen-bond donors (Lipinski definition) is 2. The van der Waals surface area contributed by atoms with Gasteiger partial charge >= 0.3 is 0 Å². The maximum Gasteiger partial charge on any atom is 0.122 e. The van der Waals surface area contributed by atoms with E-state index in [-0.39, 0.29) is 11.3 Å². The molecular formula is C17H20N2O. The first-order chi connectivity index (χ1) is 9.65. The third kappa shape index (κ3) is 3.38. The highest BCUT2D eigenvalue weighted by Gasteiger charge is 2.25. The summed E-state index contributed by atoms with van der Waals surface area (Å²) in [6, 6.07) is 8.04.